The molecule has 0 aromatic carbocycles. The van der Waals surface area contributed by atoms with Crippen LogP contribution in [0.4, 0.5) is 0 Å². The predicted octanol–water partition coefficient (Wildman–Crippen LogP) is 2.19. The summed E-state index contributed by atoms with van der Waals surface area (Å²) in [6, 6.07) is 4.30. The molecule has 2 heterocycles. The molecule has 1 N–H and O–H groups in total. The van der Waals surface area contributed by atoms with E-state index in [1.165, 1.54) is 11.1 Å². The fourth-order valence-corrected chi connectivity index (χ4v) is 1.89. The van der Waals surface area contributed by atoms with E-state index in [4.69, 9.17) is 0 Å². The van der Waals surface area contributed by atoms with Gasteiger partial charge < -0.3 is 5.32 Å². The Morgan fingerprint density at radius 3 is 3.29 bits per heavy atom. The highest BCUT2D eigenvalue weighted by atomic mass is 14.9. The number of allylic oxidation sites excluding steroid dienone is 2. The van der Waals surface area contributed by atoms with Crippen LogP contribution in [0.5, 0.6) is 0 Å². The van der Waals surface area contributed by atoms with Gasteiger partial charge in [-0.2, -0.15) is 0 Å². The average molecular weight is 182 g/mol. The minimum Gasteiger partial charge on any atom is -0.379 e. The first-order valence-corrected chi connectivity index (χ1v) is 4.71. The first-order chi connectivity index (χ1) is 6.95. The second-order valence-electron chi connectivity index (χ2n) is 3.44. The Kier molecular flexibility index (Phi) is 1.53. The van der Waals surface area contributed by atoms with Crippen molar-refractivity contribution in [3.63, 3.8) is 0 Å². The van der Waals surface area contributed by atoms with Gasteiger partial charge in [-0.05, 0) is 29.5 Å². The van der Waals surface area contributed by atoms with Gasteiger partial charge in [0.05, 0.1) is 11.7 Å². The molecule has 1 aliphatic carbocycles. The minimum atomic E-state index is 0.237. The van der Waals surface area contributed by atoms with Crippen LogP contribution in [-0.2, 0) is 0 Å². The topological polar surface area (TPSA) is 24.9 Å². The first kappa shape index (κ1) is 7.56. The highest BCUT2D eigenvalue weighted by Crippen LogP contribution is 2.31. The Morgan fingerprint density at radius 1 is 1.29 bits per heavy atom. The summed E-state index contributed by atoms with van der Waals surface area (Å²) >= 11 is 0. The molecule has 1 aromatic heterocycles. The second kappa shape index (κ2) is 2.84. The van der Waals surface area contributed by atoms with Gasteiger partial charge >= 0.3 is 0 Å². The first-order valence-electron chi connectivity index (χ1n) is 4.71. The normalized spacial score (nSPS) is 22.0. The largest absolute Gasteiger partial charge is 0.379 e. The van der Waals surface area contributed by atoms with Crippen LogP contribution in [0, 0.1) is 0 Å². The highest BCUT2D eigenvalue weighted by Gasteiger charge is 2.21. The quantitative estimate of drug-likeness (QED) is 0.665. The molecule has 68 valence electrons. The van der Waals surface area contributed by atoms with Gasteiger partial charge in [0.2, 0.25) is 0 Å². The number of dihydropyridines is 1. The molecule has 2 nitrogen and oxygen atoms in total. The van der Waals surface area contributed by atoms with E-state index < -0.39 is 0 Å². The Morgan fingerprint density at radius 2 is 2.29 bits per heavy atom. The van der Waals surface area contributed by atoms with Gasteiger partial charge in [0.25, 0.3) is 0 Å². The van der Waals surface area contributed by atoms with Gasteiger partial charge in [0.15, 0.2) is 0 Å². The van der Waals surface area contributed by atoms with Crippen molar-refractivity contribution >= 4 is 6.08 Å². The highest BCUT2D eigenvalue weighted by molar-refractivity contribution is 5.62. The number of aromatic nitrogens is 1. The summed E-state index contributed by atoms with van der Waals surface area (Å²) in [5.74, 6) is 0. The van der Waals surface area contributed by atoms with Crippen molar-refractivity contribution in [3.8, 4) is 0 Å². The molecule has 2 heteroatoms. The summed E-state index contributed by atoms with van der Waals surface area (Å²) in [4.78, 5) is 4.42. The maximum absolute atomic E-state index is 4.42. The van der Waals surface area contributed by atoms with E-state index in [9.17, 15) is 0 Å². The van der Waals surface area contributed by atoms with Gasteiger partial charge in [-0.1, -0.05) is 24.3 Å². The average Bonchev–Trinajstić information content (AvgIpc) is 2.29. The summed E-state index contributed by atoms with van der Waals surface area (Å²) in [5.41, 5.74) is 3.60. The summed E-state index contributed by atoms with van der Waals surface area (Å²) in [6.07, 6.45) is 12.2. The van der Waals surface area contributed by atoms with E-state index in [0.717, 1.165) is 5.69 Å². The second-order valence-corrected chi connectivity index (χ2v) is 3.44. The van der Waals surface area contributed by atoms with Crippen LogP contribution in [0.15, 0.2) is 48.3 Å². The SMILES string of the molecule is C1=CNC2C(=C1)C=Cc1cccnc12. The monoisotopic (exact) mass is 182 g/mol. The molecule has 0 radical (unpaired) electrons. The number of nitrogens with zero attached hydrogens (tertiary/aromatic N) is 1. The van der Waals surface area contributed by atoms with Gasteiger partial charge in [0.1, 0.15) is 0 Å². The molecule has 1 atom stereocenters. The Labute approximate surface area is 82.7 Å². The Bertz CT molecular complexity index is 455. The minimum absolute atomic E-state index is 0.237. The summed E-state index contributed by atoms with van der Waals surface area (Å²) in [5, 5.41) is 3.31. The lowest BCUT2D eigenvalue weighted by Crippen LogP contribution is -2.23. The van der Waals surface area contributed by atoms with E-state index in [0.29, 0.717) is 0 Å². The van der Waals surface area contributed by atoms with Crippen molar-refractivity contribution in [3.05, 3.63) is 59.6 Å². The van der Waals surface area contributed by atoms with Crippen molar-refractivity contribution < 1.29 is 0 Å². The number of hydrogen-bond acceptors (Lipinski definition) is 2. The van der Waals surface area contributed by atoms with Crippen LogP contribution in [0.25, 0.3) is 6.08 Å². The zero-order valence-electron chi connectivity index (χ0n) is 7.64. The molecule has 14 heavy (non-hydrogen) atoms. The van der Waals surface area contributed by atoms with E-state index in [2.05, 4.69) is 34.6 Å². The van der Waals surface area contributed by atoms with Crippen molar-refractivity contribution in [2.24, 2.45) is 0 Å². The fourth-order valence-electron chi connectivity index (χ4n) is 1.89. The van der Waals surface area contributed by atoms with Crippen LogP contribution in [-0.4, -0.2) is 4.98 Å². The third kappa shape index (κ3) is 1.01. The molecular weight excluding hydrogens is 172 g/mol. The lowest BCUT2D eigenvalue weighted by molar-refractivity contribution is 0.689. The Balaban J connectivity index is 2.18. The van der Waals surface area contributed by atoms with E-state index in [1.807, 2.05) is 24.5 Å². The van der Waals surface area contributed by atoms with E-state index in [1.54, 1.807) is 0 Å². The molecule has 0 bridgehead atoms. The third-order valence-electron chi connectivity index (χ3n) is 2.58. The van der Waals surface area contributed by atoms with Crippen LogP contribution < -0.4 is 5.32 Å². The molecule has 1 aromatic rings. The number of pyridine rings is 1. The van der Waals surface area contributed by atoms with Gasteiger partial charge in [-0.3, -0.25) is 4.98 Å². The maximum atomic E-state index is 4.42. The molecule has 0 saturated carbocycles. The van der Waals surface area contributed by atoms with Gasteiger partial charge in [-0.25, -0.2) is 0 Å². The summed E-state index contributed by atoms with van der Waals surface area (Å²) in [6.45, 7) is 0. The van der Waals surface area contributed by atoms with Crippen LogP contribution >= 0.6 is 0 Å². The van der Waals surface area contributed by atoms with Crippen molar-refractivity contribution in [1.29, 1.82) is 0 Å². The van der Waals surface area contributed by atoms with Crippen LogP contribution in [0.3, 0.4) is 0 Å². The number of fused-ring (bicyclic) bond motifs is 3. The molecule has 1 unspecified atom stereocenters. The molecule has 0 fully saturated rings. The van der Waals surface area contributed by atoms with Crippen LogP contribution in [0.2, 0.25) is 0 Å². The Hall–Kier alpha value is -1.83. The molecule has 1 aliphatic heterocycles. The molecular formula is C12H10N2. The fraction of sp³-hybridized carbons (Fsp3) is 0.0833. The van der Waals surface area contributed by atoms with Crippen molar-refractivity contribution in [2.75, 3.05) is 0 Å². The van der Waals surface area contributed by atoms with Crippen molar-refractivity contribution in [1.82, 2.24) is 10.3 Å². The zero-order valence-corrected chi connectivity index (χ0v) is 7.64. The van der Waals surface area contributed by atoms with Crippen LogP contribution in [0.1, 0.15) is 17.3 Å². The smallest absolute Gasteiger partial charge is 0.0941 e. The lowest BCUT2D eigenvalue weighted by atomic mass is 9.92. The maximum Gasteiger partial charge on any atom is 0.0941 e. The molecule has 0 spiro atoms. The predicted molar refractivity (Wildman–Crippen MR) is 56.4 cm³/mol. The number of hydrogen-bond donors (Lipinski definition) is 1. The summed E-state index contributed by atoms with van der Waals surface area (Å²) < 4.78 is 0. The standard InChI is InChI=1S/C12H10N2/c1-3-9-5-6-10-4-2-8-14-12(10)11(9)13-7-1/h1-8,11,13H. The van der Waals surface area contributed by atoms with Gasteiger partial charge in [0, 0.05) is 6.20 Å². The molecule has 0 amide bonds. The zero-order chi connectivity index (χ0) is 9.38. The van der Waals surface area contributed by atoms with Crippen molar-refractivity contribution in [2.45, 2.75) is 6.04 Å². The number of rotatable bonds is 0. The number of nitrogens with one attached hydrogen (secondary N) is 1. The molecule has 2 aliphatic rings. The lowest BCUT2D eigenvalue weighted by Gasteiger charge is -2.25. The van der Waals surface area contributed by atoms with E-state index >= 15 is 0 Å². The van der Waals surface area contributed by atoms with E-state index in [-0.39, 0.29) is 6.04 Å². The molecule has 3 rings (SSSR count). The van der Waals surface area contributed by atoms with Gasteiger partial charge in [-0.15, -0.1) is 0 Å². The molecule has 0 saturated heterocycles. The third-order valence-corrected chi connectivity index (χ3v) is 2.58. The summed E-state index contributed by atoms with van der Waals surface area (Å²) in [7, 11) is 0.